The van der Waals surface area contributed by atoms with E-state index < -0.39 is 0 Å². The molecular formula is C11H17N5S. The van der Waals surface area contributed by atoms with Gasteiger partial charge < -0.3 is 5.73 Å². The molecule has 2 heterocycles. The molecule has 0 fully saturated rings. The van der Waals surface area contributed by atoms with Crippen LogP contribution in [0.2, 0.25) is 0 Å². The second-order valence-corrected chi connectivity index (χ2v) is 5.06. The summed E-state index contributed by atoms with van der Waals surface area (Å²) in [6.07, 6.45) is 2.24. The van der Waals surface area contributed by atoms with E-state index in [4.69, 9.17) is 5.73 Å². The van der Waals surface area contributed by atoms with Crippen LogP contribution in [0.25, 0.3) is 10.7 Å². The SMILES string of the molecule is CCCCn1nc(C)nc1-c1sc(N)nc1C. The van der Waals surface area contributed by atoms with Crippen LogP contribution >= 0.6 is 11.3 Å². The van der Waals surface area contributed by atoms with Gasteiger partial charge in [-0.05, 0) is 20.3 Å². The Kier molecular flexibility index (Phi) is 3.42. The Morgan fingerprint density at radius 3 is 2.65 bits per heavy atom. The minimum Gasteiger partial charge on any atom is -0.375 e. The first-order chi connectivity index (χ1) is 8.11. The second-order valence-electron chi connectivity index (χ2n) is 4.03. The molecule has 0 spiro atoms. The molecule has 2 rings (SSSR count). The van der Waals surface area contributed by atoms with E-state index in [2.05, 4.69) is 22.0 Å². The highest BCUT2D eigenvalue weighted by Gasteiger charge is 2.15. The largest absolute Gasteiger partial charge is 0.375 e. The van der Waals surface area contributed by atoms with E-state index >= 15 is 0 Å². The number of unbranched alkanes of at least 4 members (excludes halogenated alkanes) is 1. The van der Waals surface area contributed by atoms with E-state index in [1.165, 1.54) is 11.3 Å². The van der Waals surface area contributed by atoms with E-state index in [0.717, 1.165) is 41.6 Å². The van der Waals surface area contributed by atoms with Crippen molar-refractivity contribution in [2.24, 2.45) is 0 Å². The maximum absolute atomic E-state index is 5.72. The summed E-state index contributed by atoms with van der Waals surface area (Å²) >= 11 is 1.47. The predicted octanol–water partition coefficient (Wildman–Crippen LogP) is 2.40. The van der Waals surface area contributed by atoms with Crippen LogP contribution in [0.5, 0.6) is 0 Å². The molecule has 0 aromatic carbocycles. The fourth-order valence-corrected chi connectivity index (χ4v) is 2.54. The molecule has 17 heavy (non-hydrogen) atoms. The normalized spacial score (nSPS) is 11.0. The van der Waals surface area contributed by atoms with E-state index in [9.17, 15) is 0 Å². The lowest BCUT2D eigenvalue weighted by Crippen LogP contribution is -2.02. The molecule has 5 nitrogen and oxygen atoms in total. The summed E-state index contributed by atoms with van der Waals surface area (Å²) in [7, 11) is 0. The average molecular weight is 251 g/mol. The fourth-order valence-electron chi connectivity index (χ4n) is 1.71. The molecule has 0 saturated heterocycles. The van der Waals surface area contributed by atoms with Crippen LogP contribution in [0.3, 0.4) is 0 Å². The first-order valence-electron chi connectivity index (χ1n) is 5.76. The minimum absolute atomic E-state index is 0.584. The van der Waals surface area contributed by atoms with E-state index in [0.29, 0.717) is 5.13 Å². The number of nitrogens with zero attached hydrogens (tertiary/aromatic N) is 4. The highest BCUT2D eigenvalue weighted by atomic mass is 32.1. The van der Waals surface area contributed by atoms with Gasteiger partial charge in [0, 0.05) is 6.54 Å². The molecule has 2 aromatic heterocycles. The van der Waals surface area contributed by atoms with Crippen LogP contribution in [0, 0.1) is 13.8 Å². The van der Waals surface area contributed by atoms with Crippen molar-refractivity contribution in [1.29, 1.82) is 0 Å². The molecule has 92 valence electrons. The van der Waals surface area contributed by atoms with Gasteiger partial charge in [-0.3, -0.25) is 0 Å². The van der Waals surface area contributed by atoms with Crippen LogP contribution in [-0.4, -0.2) is 19.7 Å². The van der Waals surface area contributed by atoms with Crippen LogP contribution in [0.15, 0.2) is 0 Å². The molecule has 0 bridgehead atoms. The number of hydrogen-bond donors (Lipinski definition) is 1. The van der Waals surface area contributed by atoms with Gasteiger partial charge in [0.1, 0.15) is 5.82 Å². The maximum atomic E-state index is 5.72. The molecule has 6 heteroatoms. The molecule has 0 amide bonds. The van der Waals surface area contributed by atoms with Crippen molar-refractivity contribution in [2.75, 3.05) is 5.73 Å². The van der Waals surface area contributed by atoms with E-state index in [-0.39, 0.29) is 0 Å². The second kappa shape index (κ2) is 4.83. The summed E-state index contributed by atoms with van der Waals surface area (Å²) in [4.78, 5) is 9.73. The lowest BCUT2D eigenvalue weighted by atomic mass is 10.3. The Bertz CT molecular complexity index is 514. The number of nitrogen functional groups attached to an aromatic ring is 1. The Morgan fingerprint density at radius 1 is 1.29 bits per heavy atom. The average Bonchev–Trinajstić information content (AvgIpc) is 2.78. The lowest BCUT2D eigenvalue weighted by Gasteiger charge is -2.03. The fraction of sp³-hybridized carbons (Fsp3) is 0.545. The van der Waals surface area contributed by atoms with Crippen molar-refractivity contribution in [3.05, 3.63) is 11.5 Å². The van der Waals surface area contributed by atoms with Crippen LogP contribution < -0.4 is 5.73 Å². The van der Waals surface area contributed by atoms with Crippen molar-refractivity contribution in [3.63, 3.8) is 0 Å². The van der Waals surface area contributed by atoms with E-state index in [1.54, 1.807) is 0 Å². The van der Waals surface area contributed by atoms with Gasteiger partial charge in [-0.25, -0.2) is 14.6 Å². The molecular weight excluding hydrogens is 234 g/mol. The summed E-state index contributed by atoms with van der Waals surface area (Å²) in [5.41, 5.74) is 6.65. The summed E-state index contributed by atoms with van der Waals surface area (Å²) in [5.74, 6) is 1.69. The van der Waals surface area contributed by atoms with Crippen molar-refractivity contribution in [1.82, 2.24) is 19.7 Å². The number of rotatable bonds is 4. The molecule has 0 unspecified atom stereocenters. The predicted molar refractivity (Wildman–Crippen MR) is 69.9 cm³/mol. The first kappa shape index (κ1) is 12.0. The monoisotopic (exact) mass is 251 g/mol. The Labute approximate surface area is 105 Å². The number of nitrogens with two attached hydrogens (primary N) is 1. The topological polar surface area (TPSA) is 69.6 Å². The summed E-state index contributed by atoms with van der Waals surface area (Å²) in [6.45, 7) is 6.92. The number of hydrogen-bond acceptors (Lipinski definition) is 5. The highest BCUT2D eigenvalue weighted by Crippen LogP contribution is 2.30. The van der Waals surface area contributed by atoms with Crippen molar-refractivity contribution in [2.45, 2.75) is 40.2 Å². The van der Waals surface area contributed by atoms with Crippen molar-refractivity contribution < 1.29 is 0 Å². The first-order valence-corrected chi connectivity index (χ1v) is 6.58. The summed E-state index contributed by atoms with van der Waals surface area (Å²) < 4.78 is 1.96. The van der Waals surface area contributed by atoms with Crippen molar-refractivity contribution >= 4 is 16.5 Å². The number of aryl methyl sites for hydroxylation is 3. The zero-order valence-corrected chi connectivity index (χ0v) is 11.2. The molecule has 0 aliphatic heterocycles. The lowest BCUT2D eigenvalue weighted by molar-refractivity contribution is 0.573. The van der Waals surface area contributed by atoms with E-state index in [1.807, 2.05) is 18.5 Å². The van der Waals surface area contributed by atoms with Gasteiger partial charge >= 0.3 is 0 Å². The molecule has 2 aromatic rings. The number of thiazole rings is 1. The maximum Gasteiger partial charge on any atom is 0.180 e. The van der Waals surface area contributed by atoms with Gasteiger partial charge in [-0.1, -0.05) is 24.7 Å². The number of aromatic nitrogens is 4. The van der Waals surface area contributed by atoms with Gasteiger partial charge in [0.2, 0.25) is 0 Å². The molecule has 0 aliphatic carbocycles. The molecule has 0 atom stereocenters. The zero-order valence-electron chi connectivity index (χ0n) is 10.4. The molecule has 0 saturated carbocycles. The van der Waals surface area contributed by atoms with Gasteiger partial charge in [-0.2, -0.15) is 5.10 Å². The molecule has 2 N–H and O–H groups in total. The Morgan fingerprint density at radius 2 is 2.06 bits per heavy atom. The third-order valence-corrected chi connectivity index (χ3v) is 3.50. The quantitative estimate of drug-likeness (QED) is 0.905. The molecule has 0 aliphatic rings. The Hall–Kier alpha value is -1.43. The summed E-state index contributed by atoms with van der Waals surface area (Å²) in [5, 5.41) is 5.00. The summed E-state index contributed by atoms with van der Waals surface area (Å²) in [6, 6.07) is 0. The standard InChI is InChI=1S/C11H17N5S/c1-4-5-6-16-10(14-8(3)15-16)9-7(2)13-11(12)17-9/h4-6H2,1-3H3,(H2,12,13). The highest BCUT2D eigenvalue weighted by molar-refractivity contribution is 7.18. The van der Waals surface area contributed by atoms with Gasteiger partial charge in [0.25, 0.3) is 0 Å². The smallest absolute Gasteiger partial charge is 0.180 e. The van der Waals surface area contributed by atoms with Crippen LogP contribution in [-0.2, 0) is 6.54 Å². The third-order valence-electron chi connectivity index (χ3n) is 2.52. The van der Waals surface area contributed by atoms with Gasteiger partial charge in [0.15, 0.2) is 11.0 Å². The third kappa shape index (κ3) is 2.46. The number of anilines is 1. The van der Waals surface area contributed by atoms with Gasteiger partial charge in [-0.15, -0.1) is 0 Å². The van der Waals surface area contributed by atoms with Crippen molar-refractivity contribution in [3.8, 4) is 10.7 Å². The van der Waals surface area contributed by atoms with Crippen LogP contribution in [0.1, 0.15) is 31.3 Å². The van der Waals surface area contributed by atoms with Crippen LogP contribution in [0.4, 0.5) is 5.13 Å². The minimum atomic E-state index is 0.584. The Balaban J connectivity index is 2.40. The zero-order chi connectivity index (χ0) is 12.4. The molecule has 0 radical (unpaired) electrons. The van der Waals surface area contributed by atoms with Gasteiger partial charge in [0.05, 0.1) is 10.6 Å².